The summed E-state index contributed by atoms with van der Waals surface area (Å²) in [6.45, 7) is -0.00632. The normalized spacial score (nSPS) is 12.6. The summed E-state index contributed by atoms with van der Waals surface area (Å²) in [5.74, 6) is -0.153. The summed E-state index contributed by atoms with van der Waals surface area (Å²) in [5, 5.41) is 0. The standard InChI is InChI=1S/C17H15F6NO4S/c18-16(19,20)12-2-8-15(9-3-12)29(25,26)24-10-1-11-27-13-4-6-14(7-5-13)28-17(21,22)23/h2-9,24H,1,10-11H2. The van der Waals surface area contributed by atoms with Gasteiger partial charge in [0.25, 0.3) is 0 Å². The first-order valence-electron chi connectivity index (χ1n) is 8.02. The monoisotopic (exact) mass is 443 g/mol. The van der Waals surface area contributed by atoms with Gasteiger partial charge in [0, 0.05) is 6.54 Å². The molecule has 0 bridgehead atoms. The topological polar surface area (TPSA) is 64.6 Å². The van der Waals surface area contributed by atoms with Crippen molar-refractivity contribution in [3.05, 3.63) is 54.1 Å². The lowest BCUT2D eigenvalue weighted by molar-refractivity contribution is -0.274. The van der Waals surface area contributed by atoms with Crippen LogP contribution in [0.25, 0.3) is 0 Å². The van der Waals surface area contributed by atoms with Crippen LogP contribution in [0.4, 0.5) is 26.3 Å². The van der Waals surface area contributed by atoms with E-state index >= 15 is 0 Å². The van der Waals surface area contributed by atoms with Crippen LogP contribution in [-0.4, -0.2) is 27.9 Å². The molecule has 0 spiro atoms. The second-order valence-electron chi connectivity index (χ2n) is 5.64. The van der Waals surface area contributed by atoms with Gasteiger partial charge in [0.1, 0.15) is 11.5 Å². The van der Waals surface area contributed by atoms with Crippen LogP contribution in [0.2, 0.25) is 0 Å². The van der Waals surface area contributed by atoms with Crippen LogP contribution in [0, 0.1) is 0 Å². The molecule has 0 aliphatic carbocycles. The number of nitrogens with one attached hydrogen (secondary N) is 1. The molecule has 0 saturated heterocycles. The van der Waals surface area contributed by atoms with Crippen LogP contribution in [0.5, 0.6) is 11.5 Å². The Hall–Kier alpha value is -2.47. The number of benzene rings is 2. The first kappa shape index (κ1) is 22.8. The summed E-state index contributed by atoms with van der Waals surface area (Å²) >= 11 is 0. The zero-order valence-corrected chi connectivity index (χ0v) is 15.4. The van der Waals surface area contributed by atoms with E-state index in [-0.39, 0.29) is 30.2 Å². The Kier molecular flexibility index (Phi) is 7.01. The van der Waals surface area contributed by atoms with E-state index in [2.05, 4.69) is 9.46 Å². The van der Waals surface area contributed by atoms with E-state index in [0.717, 1.165) is 24.3 Å². The van der Waals surface area contributed by atoms with Crippen molar-refractivity contribution < 1.29 is 44.2 Å². The van der Waals surface area contributed by atoms with E-state index in [1.54, 1.807) is 0 Å². The predicted molar refractivity (Wildman–Crippen MR) is 89.9 cm³/mol. The fourth-order valence-corrected chi connectivity index (χ4v) is 3.19. The van der Waals surface area contributed by atoms with Crippen LogP contribution in [-0.2, 0) is 16.2 Å². The maximum Gasteiger partial charge on any atom is 0.573 e. The molecular weight excluding hydrogens is 428 g/mol. The van der Waals surface area contributed by atoms with E-state index in [1.807, 2.05) is 0 Å². The van der Waals surface area contributed by atoms with Crippen molar-refractivity contribution in [3.8, 4) is 11.5 Å². The quantitative estimate of drug-likeness (QED) is 0.487. The maximum atomic E-state index is 12.5. The number of alkyl halides is 6. The van der Waals surface area contributed by atoms with Gasteiger partial charge < -0.3 is 9.47 Å². The minimum Gasteiger partial charge on any atom is -0.494 e. The Morgan fingerprint density at radius 1 is 0.828 bits per heavy atom. The molecule has 0 aromatic heterocycles. The van der Waals surface area contributed by atoms with Crippen LogP contribution >= 0.6 is 0 Å². The highest BCUT2D eigenvalue weighted by molar-refractivity contribution is 7.89. The van der Waals surface area contributed by atoms with Crippen molar-refractivity contribution in [1.82, 2.24) is 4.72 Å². The average molecular weight is 443 g/mol. The second kappa shape index (κ2) is 8.91. The minimum absolute atomic E-state index is 0.0506. The zero-order chi connectivity index (χ0) is 21.7. The van der Waals surface area contributed by atoms with Gasteiger partial charge >= 0.3 is 12.5 Å². The Morgan fingerprint density at radius 3 is 1.90 bits per heavy atom. The fourth-order valence-electron chi connectivity index (χ4n) is 2.11. The summed E-state index contributed by atoms with van der Waals surface area (Å²) in [6.07, 6.45) is -9.16. The van der Waals surface area contributed by atoms with Gasteiger partial charge in [-0.25, -0.2) is 13.1 Å². The molecule has 12 heteroatoms. The molecule has 0 amide bonds. The van der Waals surface area contributed by atoms with Gasteiger partial charge in [-0.3, -0.25) is 0 Å². The highest BCUT2D eigenvalue weighted by Gasteiger charge is 2.31. The lowest BCUT2D eigenvalue weighted by Crippen LogP contribution is -2.26. The summed E-state index contributed by atoms with van der Waals surface area (Å²) in [7, 11) is -3.99. The number of ether oxygens (including phenoxy) is 2. The van der Waals surface area contributed by atoms with Gasteiger partial charge in [-0.1, -0.05) is 0 Å². The van der Waals surface area contributed by atoms with Crippen molar-refractivity contribution in [3.63, 3.8) is 0 Å². The molecule has 2 rings (SSSR count). The first-order valence-corrected chi connectivity index (χ1v) is 9.51. The van der Waals surface area contributed by atoms with Crippen molar-refractivity contribution in [1.29, 1.82) is 0 Å². The molecule has 0 fully saturated rings. The highest BCUT2D eigenvalue weighted by atomic mass is 32.2. The fraction of sp³-hybridized carbons (Fsp3) is 0.294. The van der Waals surface area contributed by atoms with Gasteiger partial charge in [0.05, 0.1) is 17.1 Å². The smallest absolute Gasteiger partial charge is 0.494 e. The molecular formula is C17H15F6NO4S. The van der Waals surface area contributed by atoms with Crippen LogP contribution < -0.4 is 14.2 Å². The molecule has 29 heavy (non-hydrogen) atoms. The van der Waals surface area contributed by atoms with Gasteiger partial charge in [-0.15, -0.1) is 13.2 Å². The van der Waals surface area contributed by atoms with Crippen molar-refractivity contribution in [2.45, 2.75) is 23.9 Å². The number of sulfonamides is 1. The molecule has 0 saturated carbocycles. The molecule has 0 aliphatic rings. The number of hydrogen-bond donors (Lipinski definition) is 1. The Labute approximate surface area is 162 Å². The molecule has 160 valence electrons. The van der Waals surface area contributed by atoms with E-state index in [4.69, 9.17) is 4.74 Å². The predicted octanol–water partition coefficient (Wildman–Crippen LogP) is 4.35. The molecule has 0 heterocycles. The molecule has 0 aliphatic heterocycles. The van der Waals surface area contributed by atoms with Gasteiger partial charge in [0.15, 0.2) is 0 Å². The zero-order valence-electron chi connectivity index (χ0n) is 14.5. The summed E-state index contributed by atoms with van der Waals surface area (Å²) in [4.78, 5) is -0.313. The number of rotatable bonds is 8. The van der Waals surface area contributed by atoms with Crippen LogP contribution in [0.15, 0.2) is 53.4 Å². The summed E-state index contributed by atoms with van der Waals surface area (Å²) in [6, 6.07) is 7.69. The van der Waals surface area contributed by atoms with Crippen molar-refractivity contribution in [2.24, 2.45) is 0 Å². The second-order valence-corrected chi connectivity index (χ2v) is 7.41. The van der Waals surface area contributed by atoms with Gasteiger partial charge in [-0.2, -0.15) is 13.2 Å². The maximum absolute atomic E-state index is 12.5. The SMILES string of the molecule is O=S(=O)(NCCCOc1ccc(OC(F)(F)F)cc1)c1ccc(C(F)(F)F)cc1. The van der Waals surface area contributed by atoms with Crippen molar-refractivity contribution >= 4 is 10.0 Å². The molecule has 0 unspecified atom stereocenters. The molecule has 0 radical (unpaired) electrons. The van der Waals surface area contributed by atoms with Crippen LogP contribution in [0.1, 0.15) is 12.0 Å². The third-order valence-corrected chi connectivity index (χ3v) is 4.91. The average Bonchev–Trinajstić information content (AvgIpc) is 2.61. The Balaban J connectivity index is 1.78. The van der Waals surface area contributed by atoms with E-state index in [1.165, 1.54) is 12.1 Å². The van der Waals surface area contributed by atoms with Crippen LogP contribution in [0.3, 0.4) is 0 Å². The number of halogens is 6. The molecule has 0 atom stereocenters. The molecule has 5 nitrogen and oxygen atoms in total. The third kappa shape index (κ3) is 7.46. The minimum atomic E-state index is -4.80. The van der Waals surface area contributed by atoms with E-state index < -0.39 is 33.9 Å². The highest BCUT2D eigenvalue weighted by Crippen LogP contribution is 2.29. The Morgan fingerprint density at radius 2 is 1.38 bits per heavy atom. The largest absolute Gasteiger partial charge is 0.573 e. The van der Waals surface area contributed by atoms with E-state index in [0.29, 0.717) is 12.1 Å². The van der Waals surface area contributed by atoms with Crippen molar-refractivity contribution in [2.75, 3.05) is 13.2 Å². The molecule has 1 N–H and O–H groups in total. The number of hydrogen-bond acceptors (Lipinski definition) is 4. The lowest BCUT2D eigenvalue weighted by Gasteiger charge is -2.11. The summed E-state index contributed by atoms with van der Waals surface area (Å²) < 4.78 is 109. The van der Waals surface area contributed by atoms with Gasteiger partial charge in [-0.05, 0) is 55.0 Å². The first-order chi connectivity index (χ1) is 13.4. The third-order valence-electron chi connectivity index (χ3n) is 3.43. The molecule has 2 aromatic rings. The molecule has 2 aromatic carbocycles. The Bertz CT molecular complexity index is 894. The van der Waals surface area contributed by atoms with Gasteiger partial charge in [0.2, 0.25) is 10.0 Å². The van der Waals surface area contributed by atoms with E-state index in [9.17, 15) is 34.8 Å². The lowest BCUT2D eigenvalue weighted by atomic mass is 10.2. The summed E-state index contributed by atoms with van der Waals surface area (Å²) in [5.41, 5.74) is -0.962.